The summed E-state index contributed by atoms with van der Waals surface area (Å²) in [5, 5.41) is 8.51. The Morgan fingerprint density at radius 2 is 1.73 bits per heavy atom. The van der Waals surface area contributed by atoms with Crippen molar-refractivity contribution < 1.29 is 13.2 Å². The van der Waals surface area contributed by atoms with Crippen molar-refractivity contribution >= 4 is 21.9 Å². The van der Waals surface area contributed by atoms with Gasteiger partial charge in [0.05, 0.1) is 4.90 Å². The molecular formula is C16H19N5O4S. The van der Waals surface area contributed by atoms with Gasteiger partial charge in [0, 0.05) is 32.2 Å². The molecule has 0 radical (unpaired) electrons. The van der Waals surface area contributed by atoms with Crippen molar-refractivity contribution in [1.29, 1.82) is 0 Å². The molecule has 1 fully saturated rings. The van der Waals surface area contributed by atoms with E-state index in [2.05, 4.69) is 15.5 Å². The first-order valence-corrected chi connectivity index (χ1v) is 9.49. The lowest BCUT2D eigenvalue weighted by molar-refractivity contribution is 0.184. The van der Waals surface area contributed by atoms with Gasteiger partial charge in [-0.2, -0.15) is 9.40 Å². The fourth-order valence-corrected chi connectivity index (χ4v) is 4.02. The van der Waals surface area contributed by atoms with Crippen molar-refractivity contribution in [3.05, 3.63) is 52.3 Å². The van der Waals surface area contributed by atoms with Crippen LogP contribution in [-0.4, -0.2) is 60.0 Å². The first-order valence-electron chi connectivity index (χ1n) is 8.05. The fourth-order valence-electron chi connectivity index (χ4n) is 2.59. The first kappa shape index (κ1) is 18.1. The third-order valence-corrected chi connectivity index (χ3v) is 6.01. The number of rotatable bonds is 3. The zero-order valence-corrected chi connectivity index (χ0v) is 15.0. The van der Waals surface area contributed by atoms with Gasteiger partial charge < -0.3 is 4.90 Å². The number of amides is 2. The number of benzene rings is 1. The molecule has 1 aromatic carbocycles. The van der Waals surface area contributed by atoms with Gasteiger partial charge in [-0.25, -0.2) is 18.3 Å². The molecule has 1 aliphatic heterocycles. The molecule has 0 atom stereocenters. The lowest BCUT2D eigenvalue weighted by Gasteiger charge is -2.33. The van der Waals surface area contributed by atoms with Gasteiger partial charge in [0.1, 0.15) is 0 Å². The molecule has 2 N–H and O–H groups in total. The Morgan fingerprint density at radius 3 is 2.31 bits per heavy atom. The zero-order chi connectivity index (χ0) is 18.7. The molecule has 1 aliphatic rings. The maximum absolute atomic E-state index is 12.7. The molecule has 3 rings (SSSR count). The summed E-state index contributed by atoms with van der Waals surface area (Å²) in [7, 11) is -3.57. The van der Waals surface area contributed by atoms with E-state index in [1.807, 2.05) is 6.92 Å². The Morgan fingerprint density at radius 1 is 1.08 bits per heavy atom. The van der Waals surface area contributed by atoms with E-state index in [1.54, 1.807) is 24.3 Å². The Kier molecular flexibility index (Phi) is 5.05. The average molecular weight is 377 g/mol. The molecule has 2 aromatic rings. The van der Waals surface area contributed by atoms with Crippen LogP contribution >= 0.6 is 0 Å². The van der Waals surface area contributed by atoms with E-state index in [9.17, 15) is 18.0 Å². The smallest absolute Gasteiger partial charge is 0.322 e. The number of carbonyl (C=O) groups is 1. The quantitative estimate of drug-likeness (QED) is 0.813. The first-order chi connectivity index (χ1) is 12.4. The fraction of sp³-hybridized carbons (Fsp3) is 0.312. The highest BCUT2D eigenvalue weighted by Crippen LogP contribution is 2.18. The molecule has 2 heterocycles. The van der Waals surface area contributed by atoms with Crippen molar-refractivity contribution in [2.24, 2.45) is 0 Å². The Hall–Kier alpha value is -2.72. The summed E-state index contributed by atoms with van der Waals surface area (Å²) < 4.78 is 26.7. The van der Waals surface area contributed by atoms with Gasteiger partial charge in [0.15, 0.2) is 5.82 Å². The second-order valence-electron chi connectivity index (χ2n) is 5.94. The zero-order valence-electron chi connectivity index (χ0n) is 14.2. The second kappa shape index (κ2) is 7.26. The molecule has 26 heavy (non-hydrogen) atoms. The summed E-state index contributed by atoms with van der Waals surface area (Å²) in [6.07, 6.45) is 0. The average Bonchev–Trinajstić information content (AvgIpc) is 2.64. The Balaban J connectivity index is 1.61. The van der Waals surface area contributed by atoms with Gasteiger partial charge in [-0.1, -0.05) is 17.7 Å². The molecular weight excluding hydrogens is 358 g/mol. The number of nitrogens with zero attached hydrogens (tertiary/aromatic N) is 3. The normalized spacial score (nSPS) is 15.7. The van der Waals surface area contributed by atoms with E-state index in [0.29, 0.717) is 0 Å². The number of urea groups is 1. The number of aryl methyl sites for hydroxylation is 1. The van der Waals surface area contributed by atoms with Crippen LogP contribution in [0.25, 0.3) is 0 Å². The van der Waals surface area contributed by atoms with Gasteiger partial charge in [-0.3, -0.25) is 10.1 Å². The Bertz CT molecular complexity index is 927. The predicted molar refractivity (Wildman–Crippen MR) is 95.4 cm³/mol. The van der Waals surface area contributed by atoms with Crippen LogP contribution in [0.4, 0.5) is 10.6 Å². The van der Waals surface area contributed by atoms with Gasteiger partial charge >= 0.3 is 6.03 Å². The summed E-state index contributed by atoms with van der Waals surface area (Å²) >= 11 is 0. The van der Waals surface area contributed by atoms with Crippen molar-refractivity contribution in [2.45, 2.75) is 11.8 Å². The van der Waals surface area contributed by atoms with Crippen LogP contribution in [0.3, 0.4) is 0 Å². The number of sulfonamides is 1. The highest BCUT2D eigenvalue weighted by Gasteiger charge is 2.30. The topological polar surface area (TPSA) is 115 Å². The standard InChI is InChI=1S/C16H19N5O4S/c1-12-2-4-13(5-3-12)26(24,25)21-10-8-20(9-11-21)16(23)17-14-6-7-15(22)19-18-14/h2-7H,8-11H2,1H3,(H,19,22)(H,17,18,23). The van der Waals surface area contributed by atoms with Crippen LogP contribution in [-0.2, 0) is 10.0 Å². The van der Waals surface area contributed by atoms with Crippen LogP contribution in [0.5, 0.6) is 0 Å². The van der Waals surface area contributed by atoms with E-state index < -0.39 is 16.1 Å². The van der Waals surface area contributed by atoms with Crippen molar-refractivity contribution in [3.8, 4) is 0 Å². The van der Waals surface area contributed by atoms with E-state index in [0.717, 1.165) is 5.56 Å². The Labute approximate surface area is 150 Å². The molecule has 0 saturated carbocycles. The van der Waals surface area contributed by atoms with Crippen LogP contribution < -0.4 is 10.9 Å². The van der Waals surface area contributed by atoms with E-state index in [-0.39, 0.29) is 42.5 Å². The number of carbonyl (C=O) groups excluding carboxylic acids is 1. The number of piperazine rings is 1. The van der Waals surface area contributed by atoms with Gasteiger partial charge in [-0.05, 0) is 25.1 Å². The number of anilines is 1. The molecule has 1 aromatic heterocycles. The second-order valence-corrected chi connectivity index (χ2v) is 7.88. The molecule has 1 saturated heterocycles. The van der Waals surface area contributed by atoms with Crippen LogP contribution in [0, 0.1) is 6.92 Å². The van der Waals surface area contributed by atoms with Gasteiger partial charge in [0.25, 0.3) is 5.56 Å². The molecule has 0 aliphatic carbocycles. The number of hydrogen-bond donors (Lipinski definition) is 2. The molecule has 2 amide bonds. The van der Waals surface area contributed by atoms with E-state index >= 15 is 0 Å². The summed E-state index contributed by atoms with van der Waals surface area (Å²) in [5.74, 6) is 0.226. The van der Waals surface area contributed by atoms with Crippen LogP contribution in [0.2, 0.25) is 0 Å². The molecule has 0 spiro atoms. The third kappa shape index (κ3) is 3.92. The number of hydrogen-bond acceptors (Lipinski definition) is 5. The molecule has 0 bridgehead atoms. The number of nitrogens with one attached hydrogen (secondary N) is 2. The van der Waals surface area contributed by atoms with Crippen molar-refractivity contribution in [1.82, 2.24) is 19.4 Å². The van der Waals surface area contributed by atoms with E-state index in [4.69, 9.17) is 0 Å². The van der Waals surface area contributed by atoms with Crippen molar-refractivity contribution in [3.63, 3.8) is 0 Å². The minimum atomic E-state index is -3.57. The van der Waals surface area contributed by atoms with Crippen LogP contribution in [0.15, 0.2) is 46.1 Å². The minimum Gasteiger partial charge on any atom is -0.322 e. The SMILES string of the molecule is Cc1ccc(S(=O)(=O)N2CCN(C(=O)Nc3ccc(=O)[nH]n3)CC2)cc1. The maximum Gasteiger partial charge on any atom is 0.323 e. The summed E-state index contributed by atoms with van der Waals surface area (Å²) in [6.45, 7) is 2.84. The van der Waals surface area contributed by atoms with E-state index in [1.165, 1.54) is 21.3 Å². The largest absolute Gasteiger partial charge is 0.323 e. The summed E-state index contributed by atoms with van der Waals surface area (Å²) in [5.41, 5.74) is 0.624. The molecule has 10 heteroatoms. The lowest BCUT2D eigenvalue weighted by atomic mass is 10.2. The molecule has 138 valence electrons. The summed E-state index contributed by atoms with van der Waals surface area (Å²) in [4.78, 5) is 25.0. The minimum absolute atomic E-state index is 0.211. The molecule has 0 unspecified atom stereocenters. The van der Waals surface area contributed by atoms with Gasteiger partial charge in [-0.15, -0.1) is 0 Å². The monoisotopic (exact) mass is 377 g/mol. The maximum atomic E-state index is 12.7. The lowest BCUT2D eigenvalue weighted by Crippen LogP contribution is -2.51. The number of H-pyrrole nitrogens is 1. The predicted octanol–water partition coefficient (Wildman–Crippen LogP) is 0.617. The number of aromatic amines is 1. The number of aromatic nitrogens is 2. The summed E-state index contributed by atoms with van der Waals surface area (Å²) in [6, 6.07) is 8.96. The van der Waals surface area contributed by atoms with Crippen molar-refractivity contribution in [2.75, 3.05) is 31.5 Å². The molecule has 9 nitrogen and oxygen atoms in total. The highest BCUT2D eigenvalue weighted by atomic mass is 32.2. The van der Waals surface area contributed by atoms with Gasteiger partial charge in [0.2, 0.25) is 10.0 Å². The van der Waals surface area contributed by atoms with Crippen LogP contribution in [0.1, 0.15) is 5.56 Å². The third-order valence-electron chi connectivity index (χ3n) is 4.10. The highest BCUT2D eigenvalue weighted by molar-refractivity contribution is 7.89.